The molecule has 0 aliphatic carbocycles. The van der Waals surface area contributed by atoms with Gasteiger partial charge in [0, 0.05) is 19.3 Å². The molecule has 12 heavy (non-hydrogen) atoms. The number of rotatable bonds is 2. The lowest BCUT2D eigenvalue weighted by Gasteiger charge is -2.22. The molecule has 0 saturated carbocycles. The van der Waals surface area contributed by atoms with Gasteiger partial charge in [-0.3, -0.25) is 0 Å². The summed E-state index contributed by atoms with van der Waals surface area (Å²) in [4.78, 5) is 0. The summed E-state index contributed by atoms with van der Waals surface area (Å²) in [5.41, 5.74) is 0. The molecule has 0 aromatic carbocycles. The quantitative estimate of drug-likeness (QED) is 0.675. The van der Waals surface area contributed by atoms with E-state index in [1.54, 1.807) is 0 Å². The van der Waals surface area contributed by atoms with Crippen LogP contribution in [0.1, 0.15) is 26.2 Å². The van der Waals surface area contributed by atoms with E-state index >= 15 is 0 Å². The second-order valence-corrected chi connectivity index (χ2v) is 4.05. The summed E-state index contributed by atoms with van der Waals surface area (Å²) in [6.45, 7) is 5.52. The molecule has 3 unspecified atom stereocenters. The minimum Gasteiger partial charge on any atom is -0.381 e. The first-order valence-corrected chi connectivity index (χ1v) is 5.23. The van der Waals surface area contributed by atoms with Crippen molar-refractivity contribution in [1.29, 1.82) is 0 Å². The molecule has 2 aliphatic heterocycles. The Morgan fingerprint density at radius 2 is 2.33 bits per heavy atom. The fraction of sp³-hybridized carbons (Fsp3) is 1.00. The topological polar surface area (TPSA) is 21.3 Å². The van der Waals surface area contributed by atoms with Crippen LogP contribution in [0, 0.1) is 11.8 Å². The van der Waals surface area contributed by atoms with Gasteiger partial charge >= 0.3 is 0 Å². The predicted molar refractivity (Wildman–Crippen MR) is 49.1 cm³/mol. The van der Waals surface area contributed by atoms with Crippen molar-refractivity contribution < 1.29 is 4.74 Å². The van der Waals surface area contributed by atoms with E-state index in [1.807, 2.05) is 0 Å². The molecule has 2 nitrogen and oxygen atoms in total. The number of nitrogens with one attached hydrogen (secondary N) is 1. The summed E-state index contributed by atoms with van der Waals surface area (Å²) in [5, 5.41) is 3.58. The summed E-state index contributed by atoms with van der Waals surface area (Å²) < 4.78 is 5.43. The molecular formula is C10H19NO. The molecule has 0 spiro atoms. The number of ether oxygens (including phenoxy) is 1. The lowest BCUT2D eigenvalue weighted by molar-refractivity contribution is 0.167. The van der Waals surface area contributed by atoms with Crippen LogP contribution in [-0.4, -0.2) is 25.8 Å². The summed E-state index contributed by atoms with van der Waals surface area (Å²) in [6, 6.07) is 0.775. The fourth-order valence-corrected chi connectivity index (χ4v) is 2.69. The average Bonchev–Trinajstić information content (AvgIpc) is 2.74. The highest BCUT2D eigenvalue weighted by Crippen LogP contribution is 2.31. The molecule has 0 aromatic rings. The lowest BCUT2D eigenvalue weighted by Crippen LogP contribution is -2.30. The largest absolute Gasteiger partial charge is 0.381 e. The fourth-order valence-electron chi connectivity index (χ4n) is 2.69. The zero-order valence-electron chi connectivity index (χ0n) is 7.88. The zero-order chi connectivity index (χ0) is 8.39. The van der Waals surface area contributed by atoms with Crippen LogP contribution in [0.25, 0.3) is 0 Å². The predicted octanol–water partition coefficient (Wildman–Crippen LogP) is 1.41. The maximum Gasteiger partial charge on any atom is 0.0498 e. The average molecular weight is 169 g/mol. The molecule has 2 aliphatic rings. The molecule has 0 radical (unpaired) electrons. The first-order chi connectivity index (χ1) is 5.92. The van der Waals surface area contributed by atoms with Gasteiger partial charge in [-0.15, -0.1) is 0 Å². The molecule has 0 bridgehead atoms. The third kappa shape index (κ3) is 1.50. The summed E-state index contributed by atoms with van der Waals surface area (Å²) in [6.07, 6.45) is 3.94. The number of hydrogen-bond donors (Lipinski definition) is 1. The van der Waals surface area contributed by atoms with Gasteiger partial charge in [0.15, 0.2) is 0 Å². The number of hydrogen-bond acceptors (Lipinski definition) is 2. The van der Waals surface area contributed by atoms with Crippen LogP contribution in [0.5, 0.6) is 0 Å². The second kappa shape index (κ2) is 3.75. The van der Waals surface area contributed by atoms with Crippen LogP contribution in [0.15, 0.2) is 0 Å². The molecule has 2 heterocycles. The molecule has 2 saturated heterocycles. The maximum atomic E-state index is 5.43. The van der Waals surface area contributed by atoms with Gasteiger partial charge < -0.3 is 10.1 Å². The Bertz CT molecular complexity index is 143. The van der Waals surface area contributed by atoms with Gasteiger partial charge in [-0.25, -0.2) is 0 Å². The van der Waals surface area contributed by atoms with Crippen LogP contribution in [0.4, 0.5) is 0 Å². The van der Waals surface area contributed by atoms with E-state index in [2.05, 4.69) is 12.2 Å². The van der Waals surface area contributed by atoms with Crippen LogP contribution in [0.3, 0.4) is 0 Å². The van der Waals surface area contributed by atoms with Gasteiger partial charge in [0.1, 0.15) is 0 Å². The minimum atomic E-state index is 0.775. The van der Waals surface area contributed by atoms with Crippen molar-refractivity contribution in [2.75, 3.05) is 19.8 Å². The van der Waals surface area contributed by atoms with Crippen molar-refractivity contribution >= 4 is 0 Å². The van der Waals surface area contributed by atoms with Gasteiger partial charge in [-0.2, -0.15) is 0 Å². The van der Waals surface area contributed by atoms with Gasteiger partial charge in [0.2, 0.25) is 0 Å². The van der Waals surface area contributed by atoms with Crippen molar-refractivity contribution in [2.24, 2.45) is 11.8 Å². The van der Waals surface area contributed by atoms with Crippen LogP contribution >= 0.6 is 0 Å². The van der Waals surface area contributed by atoms with Gasteiger partial charge in [0.25, 0.3) is 0 Å². The standard InChI is InChI=1S/C10H19NO/c1-2-10-9(3-5-11-10)8-4-6-12-7-8/h8-11H,2-7H2,1H3. The van der Waals surface area contributed by atoms with E-state index in [9.17, 15) is 0 Å². The van der Waals surface area contributed by atoms with Crippen molar-refractivity contribution in [3.05, 3.63) is 0 Å². The smallest absolute Gasteiger partial charge is 0.0498 e. The van der Waals surface area contributed by atoms with E-state index in [0.717, 1.165) is 31.1 Å². The third-order valence-electron chi connectivity index (χ3n) is 3.41. The Hall–Kier alpha value is -0.0800. The van der Waals surface area contributed by atoms with Crippen LogP contribution in [-0.2, 0) is 4.74 Å². The monoisotopic (exact) mass is 169 g/mol. The van der Waals surface area contributed by atoms with Crippen molar-refractivity contribution in [3.63, 3.8) is 0 Å². The van der Waals surface area contributed by atoms with Crippen molar-refractivity contribution in [1.82, 2.24) is 5.32 Å². The van der Waals surface area contributed by atoms with E-state index in [-0.39, 0.29) is 0 Å². The summed E-state index contributed by atoms with van der Waals surface area (Å²) in [5.74, 6) is 1.75. The first kappa shape index (κ1) is 8.52. The Morgan fingerprint density at radius 1 is 1.42 bits per heavy atom. The molecule has 1 N–H and O–H groups in total. The normalized spacial score (nSPS) is 42.2. The Morgan fingerprint density at radius 3 is 3.00 bits per heavy atom. The summed E-state index contributed by atoms with van der Waals surface area (Å²) >= 11 is 0. The minimum absolute atomic E-state index is 0.775. The lowest BCUT2D eigenvalue weighted by atomic mass is 9.85. The van der Waals surface area contributed by atoms with E-state index in [1.165, 1.54) is 25.8 Å². The third-order valence-corrected chi connectivity index (χ3v) is 3.41. The van der Waals surface area contributed by atoms with Gasteiger partial charge in [-0.05, 0) is 37.6 Å². The van der Waals surface area contributed by atoms with Crippen molar-refractivity contribution in [3.8, 4) is 0 Å². The molecular weight excluding hydrogens is 150 g/mol. The Balaban J connectivity index is 1.92. The molecule has 0 aromatic heterocycles. The van der Waals surface area contributed by atoms with E-state index in [4.69, 9.17) is 4.74 Å². The molecule has 2 rings (SSSR count). The van der Waals surface area contributed by atoms with Crippen LogP contribution in [0.2, 0.25) is 0 Å². The molecule has 3 atom stereocenters. The second-order valence-electron chi connectivity index (χ2n) is 4.05. The molecule has 2 fully saturated rings. The van der Waals surface area contributed by atoms with Crippen molar-refractivity contribution in [2.45, 2.75) is 32.2 Å². The SMILES string of the molecule is CCC1NCCC1C1CCOC1. The zero-order valence-corrected chi connectivity index (χ0v) is 7.88. The van der Waals surface area contributed by atoms with E-state index in [0.29, 0.717) is 0 Å². The highest BCUT2D eigenvalue weighted by molar-refractivity contribution is 4.88. The highest BCUT2D eigenvalue weighted by atomic mass is 16.5. The van der Waals surface area contributed by atoms with Crippen LogP contribution < -0.4 is 5.32 Å². The first-order valence-electron chi connectivity index (χ1n) is 5.23. The highest BCUT2D eigenvalue weighted by Gasteiger charge is 2.33. The molecule has 0 amide bonds. The van der Waals surface area contributed by atoms with Gasteiger partial charge in [0.05, 0.1) is 0 Å². The molecule has 70 valence electrons. The maximum absolute atomic E-state index is 5.43. The Labute approximate surface area is 74.7 Å². The van der Waals surface area contributed by atoms with Gasteiger partial charge in [-0.1, -0.05) is 6.92 Å². The molecule has 2 heteroatoms. The van der Waals surface area contributed by atoms with E-state index < -0.39 is 0 Å². The Kier molecular flexibility index (Phi) is 2.66. The summed E-state index contributed by atoms with van der Waals surface area (Å²) in [7, 11) is 0.